The molecule has 3 aromatic rings. The number of carbonyl (C=O) groups is 1. The van der Waals surface area contributed by atoms with Crippen molar-refractivity contribution in [2.45, 2.75) is 33.1 Å². The van der Waals surface area contributed by atoms with Gasteiger partial charge < -0.3 is 11.1 Å². The van der Waals surface area contributed by atoms with Crippen LogP contribution in [0.1, 0.15) is 28.9 Å². The van der Waals surface area contributed by atoms with Crippen LogP contribution in [0.5, 0.6) is 0 Å². The van der Waals surface area contributed by atoms with Crippen molar-refractivity contribution in [2.24, 2.45) is 0 Å². The molecule has 0 aliphatic carbocycles. The average Bonchev–Trinajstić information content (AvgIpc) is 2.97. The van der Waals surface area contributed by atoms with Crippen molar-refractivity contribution in [3.63, 3.8) is 0 Å². The lowest BCUT2D eigenvalue weighted by Crippen LogP contribution is -2.26. The van der Waals surface area contributed by atoms with Crippen molar-refractivity contribution in [1.82, 2.24) is 24.9 Å². The molecule has 0 radical (unpaired) electrons. The van der Waals surface area contributed by atoms with Gasteiger partial charge in [0.25, 0.3) is 5.78 Å². The quantitative estimate of drug-likeness (QED) is 0.655. The molecule has 0 aliphatic heterocycles. The number of aromatic nitrogens is 4. The van der Waals surface area contributed by atoms with Gasteiger partial charge in [0.1, 0.15) is 0 Å². The summed E-state index contributed by atoms with van der Waals surface area (Å²) in [6.07, 6.45) is 1.56. The second kappa shape index (κ2) is 8.10. The van der Waals surface area contributed by atoms with E-state index < -0.39 is 0 Å². The van der Waals surface area contributed by atoms with E-state index in [-0.39, 0.29) is 11.9 Å². The van der Waals surface area contributed by atoms with Crippen molar-refractivity contribution < 1.29 is 4.79 Å². The molecule has 0 saturated heterocycles. The smallest absolute Gasteiger partial charge is 0.254 e. The molecule has 7 nitrogen and oxygen atoms in total. The topological polar surface area (TPSA) is 98.2 Å². The zero-order valence-corrected chi connectivity index (χ0v) is 16.6. The van der Waals surface area contributed by atoms with E-state index in [2.05, 4.69) is 20.4 Å². The highest BCUT2D eigenvalue weighted by molar-refractivity contribution is 6.35. The molecule has 0 bridgehead atoms. The minimum Gasteiger partial charge on any atom is -0.366 e. The normalized spacial score (nSPS) is 11.1. The number of anilines is 1. The highest BCUT2D eigenvalue weighted by atomic mass is 35.5. The Morgan fingerprint density at radius 3 is 2.74 bits per heavy atom. The summed E-state index contributed by atoms with van der Waals surface area (Å²) in [4.78, 5) is 20.7. The molecule has 27 heavy (non-hydrogen) atoms. The number of benzene rings is 1. The van der Waals surface area contributed by atoms with Gasteiger partial charge in [0, 0.05) is 34.4 Å². The fourth-order valence-electron chi connectivity index (χ4n) is 2.97. The van der Waals surface area contributed by atoms with Crippen LogP contribution < -0.4 is 11.1 Å². The lowest BCUT2D eigenvalue weighted by Gasteiger charge is -2.11. The molecule has 0 spiro atoms. The third kappa shape index (κ3) is 4.48. The van der Waals surface area contributed by atoms with Crippen molar-refractivity contribution in [1.29, 1.82) is 0 Å². The number of rotatable bonds is 6. The monoisotopic (exact) mass is 406 g/mol. The van der Waals surface area contributed by atoms with Crippen molar-refractivity contribution in [3.05, 3.63) is 50.8 Å². The molecule has 1 aromatic carbocycles. The summed E-state index contributed by atoms with van der Waals surface area (Å²) in [6, 6.07) is 5.36. The number of carbonyl (C=O) groups excluding carboxylic acids is 1. The van der Waals surface area contributed by atoms with Crippen molar-refractivity contribution in [3.8, 4) is 0 Å². The minimum atomic E-state index is -0.0305. The van der Waals surface area contributed by atoms with E-state index in [9.17, 15) is 4.79 Å². The Hall–Kier alpha value is -2.38. The van der Waals surface area contributed by atoms with E-state index in [0.717, 1.165) is 22.5 Å². The van der Waals surface area contributed by atoms with Crippen LogP contribution in [0.2, 0.25) is 10.0 Å². The fraction of sp³-hybridized carbons (Fsp3) is 0.333. The number of nitrogens with two attached hydrogens (primary N) is 1. The van der Waals surface area contributed by atoms with Crippen LogP contribution >= 0.6 is 23.2 Å². The minimum absolute atomic E-state index is 0.0305. The van der Waals surface area contributed by atoms with Crippen LogP contribution in [0.25, 0.3) is 5.78 Å². The Morgan fingerprint density at radius 1 is 1.22 bits per heavy atom. The van der Waals surface area contributed by atoms with Crippen LogP contribution in [0.4, 0.5) is 5.95 Å². The largest absolute Gasteiger partial charge is 0.366 e. The summed E-state index contributed by atoms with van der Waals surface area (Å²) in [7, 11) is 0. The van der Waals surface area contributed by atoms with Gasteiger partial charge in [-0.25, -0.2) is 4.98 Å². The van der Waals surface area contributed by atoms with Crippen LogP contribution in [0.3, 0.4) is 0 Å². The predicted octanol–water partition coefficient (Wildman–Crippen LogP) is 2.92. The maximum Gasteiger partial charge on any atom is 0.254 e. The second-order valence-corrected chi connectivity index (χ2v) is 7.12. The van der Waals surface area contributed by atoms with Gasteiger partial charge in [0.05, 0.1) is 0 Å². The van der Waals surface area contributed by atoms with E-state index >= 15 is 0 Å². The molecule has 1 amide bonds. The van der Waals surface area contributed by atoms with Gasteiger partial charge in [-0.2, -0.15) is 9.50 Å². The third-order valence-corrected chi connectivity index (χ3v) is 4.99. The van der Waals surface area contributed by atoms with Crippen LogP contribution in [-0.4, -0.2) is 32.0 Å². The van der Waals surface area contributed by atoms with Crippen molar-refractivity contribution in [2.75, 3.05) is 12.3 Å². The number of fused-ring (bicyclic) bond motifs is 1. The fourth-order valence-corrected chi connectivity index (χ4v) is 3.48. The van der Waals surface area contributed by atoms with Gasteiger partial charge in [-0.1, -0.05) is 29.3 Å². The number of amides is 1. The molecule has 2 aromatic heterocycles. The first kappa shape index (κ1) is 19.4. The number of hydrogen-bond donors (Lipinski definition) is 2. The van der Waals surface area contributed by atoms with Gasteiger partial charge >= 0.3 is 0 Å². The van der Waals surface area contributed by atoms with Gasteiger partial charge in [-0.15, -0.1) is 5.10 Å². The molecule has 0 fully saturated rings. The third-order valence-electron chi connectivity index (χ3n) is 4.40. The number of nitrogen functional groups attached to an aromatic ring is 1. The van der Waals surface area contributed by atoms with Crippen LogP contribution in [-0.2, 0) is 17.6 Å². The maximum atomic E-state index is 12.2. The number of halogens is 2. The van der Waals surface area contributed by atoms with E-state index in [1.54, 1.807) is 16.6 Å². The van der Waals surface area contributed by atoms with Gasteiger partial charge in [-0.3, -0.25) is 4.79 Å². The Kier molecular flexibility index (Phi) is 5.82. The zero-order valence-electron chi connectivity index (χ0n) is 15.1. The molecule has 2 heterocycles. The summed E-state index contributed by atoms with van der Waals surface area (Å²) >= 11 is 12.0. The predicted molar refractivity (Wildman–Crippen MR) is 106 cm³/mol. The molecule has 0 aliphatic rings. The lowest BCUT2D eigenvalue weighted by atomic mass is 10.1. The molecule has 142 valence electrons. The number of hydrogen-bond acceptors (Lipinski definition) is 5. The summed E-state index contributed by atoms with van der Waals surface area (Å²) in [5.41, 5.74) is 9.28. The van der Waals surface area contributed by atoms with E-state index in [1.807, 2.05) is 19.9 Å². The SMILES string of the molecule is Cc1nc2nc(N)nn2c(C)c1CCC(=O)NCCc1ccc(Cl)cc1Cl. The standard InChI is InChI=1S/C18H20Cl2N6O/c1-10-14(11(2)26-18(23-10)24-17(21)25-26)5-6-16(27)22-8-7-12-3-4-13(19)9-15(12)20/h3-4,9H,5-8H2,1-2H3,(H2,21,25)(H,22,27). The van der Waals surface area contributed by atoms with Crippen LogP contribution in [0.15, 0.2) is 18.2 Å². The summed E-state index contributed by atoms with van der Waals surface area (Å²) < 4.78 is 1.61. The van der Waals surface area contributed by atoms with E-state index in [4.69, 9.17) is 28.9 Å². The number of nitrogens with zero attached hydrogens (tertiary/aromatic N) is 4. The Morgan fingerprint density at radius 2 is 2.00 bits per heavy atom. The van der Waals surface area contributed by atoms with Crippen LogP contribution in [0, 0.1) is 13.8 Å². The summed E-state index contributed by atoms with van der Waals surface area (Å²) in [5, 5.41) is 8.26. The molecule has 0 atom stereocenters. The molecular weight excluding hydrogens is 387 g/mol. The van der Waals surface area contributed by atoms with E-state index in [0.29, 0.717) is 41.6 Å². The first-order valence-electron chi connectivity index (χ1n) is 8.54. The van der Waals surface area contributed by atoms with Crippen molar-refractivity contribution >= 4 is 40.8 Å². The van der Waals surface area contributed by atoms with Gasteiger partial charge in [0.15, 0.2) is 0 Å². The molecule has 3 rings (SSSR count). The van der Waals surface area contributed by atoms with Gasteiger partial charge in [-0.05, 0) is 49.9 Å². The zero-order chi connectivity index (χ0) is 19.6. The van der Waals surface area contributed by atoms with E-state index in [1.165, 1.54) is 0 Å². The first-order valence-corrected chi connectivity index (χ1v) is 9.29. The Labute approximate surface area is 166 Å². The highest BCUT2D eigenvalue weighted by Gasteiger charge is 2.14. The van der Waals surface area contributed by atoms with Gasteiger partial charge in [0.2, 0.25) is 11.9 Å². The molecular formula is C18H20Cl2N6O. The molecule has 0 saturated carbocycles. The summed E-state index contributed by atoms with van der Waals surface area (Å²) in [6.45, 7) is 4.33. The highest BCUT2D eigenvalue weighted by Crippen LogP contribution is 2.21. The molecule has 9 heteroatoms. The number of aryl methyl sites for hydroxylation is 2. The molecule has 0 unspecified atom stereocenters. The molecule has 3 N–H and O–H groups in total. The Bertz CT molecular complexity index is 1000. The Balaban J connectivity index is 1.57. The summed E-state index contributed by atoms with van der Waals surface area (Å²) in [5.74, 6) is 0.619. The average molecular weight is 407 g/mol. The lowest BCUT2D eigenvalue weighted by molar-refractivity contribution is -0.121. The maximum absolute atomic E-state index is 12.2. The first-order chi connectivity index (χ1) is 12.8. The second-order valence-electron chi connectivity index (χ2n) is 6.28. The number of nitrogens with one attached hydrogen (secondary N) is 1.